The highest BCUT2D eigenvalue weighted by molar-refractivity contribution is 5.91. The van der Waals surface area contributed by atoms with Crippen molar-refractivity contribution in [1.29, 1.82) is 0 Å². The van der Waals surface area contributed by atoms with Crippen LogP contribution in [0.15, 0.2) is 0 Å². The van der Waals surface area contributed by atoms with Gasteiger partial charge in [0.2, 0.25) is 0 Å². The molecule has 1 fully saturated rings. The predicted molar refractivity (Wildman–Crippen MR) is 47.9 cm³/mol. The molecule has 104 valence electrons. The lowest BCUT2D eigenvalue weighted by molar-refractivity contribution is -0.270. The van der Waals surface area contributed by atoms with Gasteiger partial charge in [0.25, 0.3) is 0 Å². The highest BCUT2D eigenvalue weighted by Crippen LogP contribution is 2.41. The van der Waals surface area contributed by atoms with Gasteiger partial charge in [0.1, 0.15) is 5.54 Å². The number of carboxylic acids is 1. The summed E-state index contributed by atoms with van der Waals surface area (Å²) in [6, 6.07) is 0. The van der Waals surface area contributed by atoms with Gasteiger partial charge in [-0.05, 0) is 25.7 Å². The predicted octanol–water partition coefficient (Wildman–Crippen LogP) is 1.55. The topological polar surface area (TPSA) is 66.4 Å². The summed E-state index contributed by atoms with van der Waals surface area (Å²) in [6.07, 6.45) is -5.36. The van der Waals surface area contributed by atoms with Crippen LogP contribution in [0.1, 0.15) is 19.8 Å². The second-order valence-corrected chi connectivity index (χ2v) is 4.31. The lowest BCUT2D eigenvalue weighted by atomic mass is 9.95. The summed E-state index contributed by atoms with van der Waals surface area (Å²) < 4.78 is 61.1. The number of amides is 1. The van der Waals surface area contributed by atoms with Gasteiger partial charge in [0.15, 0.2) is 0 Å². The molecule has 18 heavy (non-hydrogen) atoms. The van der Waals surface area contributed by atoms with Crippen LogP contribution in [0.2, 0.25) is 0 Å². The van der Waals surface area contributed by atoms with Crippen LogP contribution in [0.3, 0.4) is 0 Å². The number of aliphatic carboxylic acids is 1. The molecular formula is C9H10F5NO3. The van der Waals surface area contributed by atoms with Crippen molar-refractivity contribution in [3.8, 4) is 0 Å². The van der Waals surface area contributed by atoms with E-state index >= 15 is 0 Å². The Balaban J connectivity index is 2.90. The van der Waals surface area contributed by atoms with E-state index in [4.69, 9.17) is 5.11 Å². The summed E-state index contributed by atoms with van der Waals surface area (Å²) >= 11 is 0. The van der Waals surface area contributed by atoms with Crippen LogP contribution in [0.25, 0.3) is 0 Å². The Morgan fingerprint density at radius 1 is 1.17 bits per heavy atom. The lowest BCUT2D eigenvalue weighted by Gasteiger charge is -2.29. The van der Waals surface area contributed by atoms with Crippen molar-refractivity contribution in [1.82, 2.24) is 5.32 Å². The standard InChI is InChI=1S/C9H10F5NO3/c1-7(6(17)18,4-2-3-4)15-5(16)8(10,11)9(12,13)14/h4H,2-3H2,1H3,(H,15,16)(H,17,18). The number of carbonyl (C=O) groups is 2. The van der Waals surface area contributed by atoms with E-state index in [1.807, 2.05) is 0 Å². The highest BCUT2D eigenvalue weighted by atomic mass is 19.4. The fourth-order valence-electron chi connectivity index (χ4n) is 1.43. The minimum Gasteiger partial charge on any atom is -0.480 e. The quantitative estimate of drug-likeness (QED) is 0.765. The molecule has 0 heterocycles. The van der Waals surface area contributed by atoms with Crippen molar-refractivity contribution in [3.05, 3.63) is 0 Å². The third-order valence-electron chi connectivity index (χ3n) is 2.85. The second-order valence-electron chi connectivity index (χ2n) is 4.31. The summed E-state index contributed by atoms with van der Waals surface area (Å²) in [7, 11) is 0. The van der Waals surface area contributed by atoms with Gasteiger partial charge in [-0.3, -0.25) is 4.79 Å². The number of halogens is 5. The third-order valence-corrected chi connectivity index (χ3v) is 2.85. The average Bonchev–Trinajstić information content (AvgIpc) is 2.98. The fraction of sp³-hybridized carbons (Fsp3) is 0.778. The van der Waals surface area contributed by atoms with E-state index in [1.54, 1.807) is 0 Å². The van der Waals surface area contributed by atoms with Crippen molar-refractivity contribution < 1.29 is 36.6 Å². The molecule has 4 nitrogen and oxygen atoms in total. The van der Waals surface area contributed by atoms with Crippen molar-refractivity contribution in [2.24, 2.45) is 5.92 Å². The molecule has 1 unspecified atom stereocenters. The molecule has 1 aliphatic carbocycles. The van der Waals surface area contributed by atoms with Gasteiger partial charge in [0, 0.05) is 0 Å². The molecule has 1 aliphatic rings. The first kappa shape index (κ1) is 14.7. The molecule has 1 amide bonds. The fourth-order valence-corrected chi connectivity index (χ4v) is 1.43. The van der Waals surface area contributed by atoms with E-state index in [1.165, 1.54) is 5.32 Å². The van der Waals surface area contributed by atoms with Gasteiger partial charge in [-0.15, -0.1) is 0 Å². The highest BCUT2D eigenvalue weighted by Gasteiger charge is 2.65. The molecular weight excluding hydrogens is 265 g/mol. The molecule has 0 spiro atoms. The Morgan fingerprint density at radius 2 is 1.61 bits per heavy atom. The first-order valence-corrected chi connectivity index (χ1v) is 4.93. The molecule has 0 aromatic rings. The van der Waals surface area contributed by atoms with Gasteiger partial charge in [0.05, 0.1) is 0 Å². The van der Waals surface area contributed by atoms with Crippen molar-refractivity contribution in [3.63, 3.8) is 0 Å². The maximum atomic E-state index is 12.7. The van der Waals surface area contributed by atoms with E-state index in [2.05, 4.69) is 0 Å². The molecule has 0 radical (unpaired) electrons. The Labute approximate surface area is 98.1 Å². The molecule has 0 aromatic carbocycles. The zero-order valence-corrected chi connectivity index (χ0v) is 9.15. The van der Waals surface area contributed by atoms with Gasteiger partial charge < -0.3 is 10.4 Å². The summed E-state index contributed by atoms with van der Waals surface area (Å²) in [5, 5.41) is 10.1. The zero-order valence-electron chi connectivity index (χ0n) is 9.15. The zero-order chi connectivity index (χ0) is 14.4. The van der Waals surface area contributed by atoms with Gasteiger partial charge >= 0.3 is 24.0 Å². The molecule has 1 rings (SSSR count). The lowest BCUT2D eigenvalue weighted by Crippen LogP contribution is -2.61. The molecule has 0 aliphatic heterocycles. The number of carbonyl (C=O) groups excluding carboxylic acids is 1. The Bertz CT molecular complexity index is 377. The Morgan fingerprint density at radius 3 is 1.89 bits per heavy atom. The normalized spacial score (nSPS) is 20.1. The van der Waals surface area contributed by atoms with E-state index in [9.17, 15) is 31.5 Å². The van der Waals surface area contributed by atoms with Crippen LogP contribution in [0.4, 0.5) is 22.0 Å². The van der Waals surface area contributed by atoms with Crippen LogP contribution < -0.4 is 5.32 Å². The first-order valence-electron chi connectivity index (χ1n) is 4.93. The number of nitrogens with one attached hydrogen (secondary N) is 1. The molecule has 0 saturated heterocycles. The SMILES string of the molecule is CC(NC(=O)C(F)(F)C(F)(F)F)(C(=O)O)C1CC1. The van der Waals surface area contributed by atoms with Crippen LogP contribution in [0, 0.1) is 5.92 Å². The average molecular weight is 275 g/mol. The molecule has 1 atom stereocenters. The van der Waals surface area contributed by atoms with Gasteiger partial charge in [-0.25, -0.2) is 4.79 Å². The minimum absolute atomic E-state index is 0.348. The van der Waals surface area contributed by atoms with Gasteiger partial charge in [-0.2, -0.15) is 22.0 Å². The number of alkyl halides is 5. The number of rotatable bonds is 4. The maximum absolute atomic E-state index is 12.7. The molecule has 9 heteroatoms. The number of carboxylic acid groups (broad SMARTS) is 1. The molecule has 0 aromatic heterocycles. The van der Waals surface area contributed by atoms with Crippen LogP contribution in [0.5, 0.6) is 0 Å². The maximum Gasteiger partial charge on any atom is 0.463 e. The molecule has 0 bridgehead atoms. The third kappa shape index (κ3) is 2.39. The van der Waals surface area contributed by atoms with Crippen LogP contribution >= 0.6 is 0 Å². The smallest absolute Gasteiger partial charge is 0.463 e. The van der Waals surface area contributed by atoms with E-state index in [0.717, 1.165) is 6.92 Å². The molecule has 2 N–H and O–H groups in total. The largest absolute Gasteiger partial charge is 0.480 e. The molecule has 1 saturated carbocycles. The van der Waals surface area contributed by atoms with E-state index < -0.39 is 35.4 Å². The van der Waals surface area contributed by atoms with E-state index in [-0.39, 0.29) is 0 Å². The summed E-state index contributed by atoms with van der Waals surface area (Å²) in [4.78, 5) is 21.8. The van der Waals surface area contributed by atoms with Gasteiger partial charge in [-0.1, -0.05) is 0 Å². The Hall–Kier alpha value is -1.41. The monoisotopic (exact) mass is 275 g/mol. The summed E-state index contributed by atoms with van der Waals surface area (Å²) in [6.45, 7) is 0.914. The minimum atomic E-state index is -6.06. The number of hydrogen-bond acceptors (Lipinski definition) is 2. The second kappa shape index (κ2) is 4.06. The number of hydrogen-bond donors (Lipinski definition) is 2. The van der Waals surface area contributed by atoms with Crippen LogP contribution in [-0.2, 0) is 9.59 Å². The van der Waals surface area contributed by atoms with Crippen LogP contribution in [-0.4, -0.2) is 34.6 Å². The summed E-state index contributed by atoms with van der Waals surface area (Å²) in [5.41, 5.74) is -2.11. The first-order chi connectivity index (χ1) is 7.93. The van der Waals surface area contributed by atoms with Crippen molar-refractivity contribution in [2.75, 3.05) is 0 Å². The Kier molecular flexibility index (Phi) is 3.30. The summed E-state index contributed by atoms with van der Waals surface area (Å²) in [5.74, 6) is -10.5. The van der Waals surface area contributed by atoms with Crippen molar-refractivity contribution >= 4 is 11.9 Å². The van der Waals surface area contributed by atoms with Crippen molar-refractivity contribution in [2.45, 2.75) is 37.4 Å². The van der Waals surface area contributed by atoms with E-state index in [0.29, 0.717) is 12.8 Å².